The minimum atomic E-state index is -0.318. The first-order valence-corrected chi connectivity index (χ1v) is 6.37. The van der Waals surface area contributed by atoms with E-state index >= 15 is 0 Å². The number of halogens is 1. The Hall–Kier alpha value is -2.06. The maximum atomic E-state index is 12.0. The van der Waals surface area contributed by atoms with Crippen molar-refractivity contribution in [3.63, 3.8) is 0 Å². The Morgan fingerprint density at radius 1 is 1.32 bits per heavy atom. The first-order valence-electron chi connectivity index (χ1n) is 5.99. The van der Waals surface area contributed by atoms with Crippen LogP contribution in [0.5, 0.6) is 0 Å². The number of benzene rings is 1. The Kier molecular flexibility index (Phi) is 4.37. The Labute approximate surface area is 116 Å². The molecule has 1 fully saturated rings. The average molecular weight is 277 g/mol. The summed E-state index contributed by atoms with van der Waals surface area (Å²) >= 11 is 5.76. The van der Waals surface area contributed by atoms with Gasteiger partial charge in [0.25, 0.3) is 5.91 Å². The first-order chi connectivity index (χ1) is 9.20. The van der Waals surface area contributed by atoms with E-state index in [2.05, 4.69) is 10.5 Å². The molecular weight excluding hydrogens is 264 g/mol. The average Bonchev–Trinajstić information content (AvgIpc) is 2.95. The van der Waals surface area contributed by atoms with Gasteiger partial charge in [-0.25, -0.2) is 0 Å². The molecule has 19 heavy (non-hydrogen) atoms. The number of likely N-dealkylation sites (tertiary alicyclic amines) is 1. The van der Waals surface area contributed by atoms with Crippen LogP contribution < -0.4 is 5.43 Å². The predicted octanol–water partition coefficient (Wildman–Crippen LogP) is 2.25. The maximum absolute atomic E-state index is 12.0. The molecule has 0 atom stereocenters. The van der Waals surface area contributed by atoms with Crippen LogP contribution in [0.25, 0.3) is 0 Å². The lowest BCUT2D eigenvalue weighted by atomic mass is 10.3. The van der Waals surface area contributed by atoms with Gasteiger partial charge in [0.05, 0.1) is 5.69 Å². The molecule has 6 heteroatoms. The Morgan fingerprint density at radius 2 is 1.95 bits per heavy atom. The molecule has 0 spiro atoms. The van der Waals surface area contributed by atoms with Crippen LogP contribution in [0.1, 0.15) is 12.8 Å². The van der Waals surface area contributed by atoms with Gasteiger partial charge in [-0.3, -0.25) is 10.2 Å². The maximum Gasteiger partial charge on any atom is 0.285 e. The lowest BCUT2D eigenvalue weighted by molar-refractivity contribution is -0.122. The van der Waals surface area contributed by atoms with Gasteiger partial charge >= 0.3 is 0 Å². The van der Waals surface area contributed by atoms with Crippen LogP contribution in [0.15, 0.2) is 29.4 Å². The number of rotatable bonds is 3. The number of carbonyl (C=O) groups is 1. The zero-order valence-electron chi connectivity index (χ0n) is 10.3. The molecule has 0 unspecified atom stereocenters. The monoisotopic (exact) mass is 276 g/mol. The van der Waals surface area contributed by atoms with Crippen LogP contribution in [-0.4, -0.2) is 29.6 Å². The quantitative estimate of drug-likeness (QED) is 0.680. The lowest BCUT2D eigenvalue weighted by Crippen LogP contribution is -2.33. The van der Waals surface area contributed by atoms with Crippen LogP contribution in [0, 0.1) is 11.3 Å². The van der Waals surface area contributed by atoms with Crippen LogP contribution in [0.3, 0.4) is 0 Å². The van der Waals surface area contributed by atoms with E-state index in [1.54, 1.807) is 29.2 Å². The molecule has 98 valence electrons. The van der Waals surface area contributed by atoms with Crippen molar-refractivity contribution in [2.75, 3.05) is 18.5 Å². The molecule has 2 rings (SSSR count). The molecule has 1 aromatic carbocycles. The second kappa shape index (κ2) is 6.21. The summed E-state index contributed by atoms with van der Waals surface area (Å²) in [6.45, 7) is 1.39. The van der Waals surface area contributed by atoms with Crippen molar-refractivity contribution in [1.29, 1.82) is 5.26 Å². The van der Waals surface area contributed by atoms with Crippen molar-refractivity contribution in [2.24, 2.45) is 5.10 Å². The van der Waals surface area contributed by atoms with E-state index in [9.17, 15) is 4.79 Å². The highest BCUT2D eigenvalue weighted by Gasteiger charge is 2.22. The summed E-state index contributed by atoms with van der Waals surface area (Å²) in [5.74, 6) is -0.318. The fourth-order valence-corrected chi connectivity index (χ4v) is 1.96. The van der Waals surface area contributed by atoms with Gasteiger partial charge in [-0.05, 0) is 37.1 Å². The molecule has 0 saturated carbocycles. The predicted molar refractivity (Wildman–Crippen MR) is 73.9 cm³/mol. The minimum absolute atomic E-state index is 0.128. The number of nitrogens with one attached hydrogen (secondary N) is 1. The third kappa shape index (κ3) is 3.46. The van der Waals surface area contributed by atoms with Gasteiger partial charge in [0.15, 0.2) is 0 Å². The van der Waals surface area contributed by atoms with Crippen LogP contribution in [-0.2, 0) is 4.79 Å². The van der Waals surface area contributed by atoms with Gasteiger partial charge in [0.2, 0.25) is 5.71 Å². The van der Waals surface area contributed by atoms with Gasteiger partial charge in [-0.1, -0.05) is 11.6 Å². The number of nitriles is 1. The summed E-state index contributed by atoms with van der Waals surface area (Å²) in [4.78, 5) is 13.6. The summed E-state index contributed by atoms with van der Waals surface area (Å²) in [6, 6.07) is 8.68. The third-order valence-corrected chi connectivity index (χ3v) is 3.09. The third-order valence-electron chi connectivity index (χ3n) is 2.84. The fourth-order valence-electron chi connectivity index (χ4n) is 1.84. The summed E-state index contributed by atoms with van der Waals surface area (Å²) in [5.41, 5.74) is 3.23. The highest BCUT2D eigenvalue weighted by atomic mass is 35.5. The number of hydrazone groups is 1. The Balaban J connectivity index is 2.04. The van der Waals surface area contributed by atoms with Gasteiger partial charge in [-0.2, -0.15) is 10.4 Å². The molecule has 1 saturated heterocycles. The molecular formula is C13H13ClN4O. The van der Waals surface area contributed by atoms with Crippen LogP contribution in [0.2, 0.25) is 5.02 Å². The number of hydrogen-bond donors (Lipinski definition) is 1. The number of amides is 1. The molecule has 0 aliphatic carbocycles. The molecule has 1 N–H and O–H groups in total. The van der Waals surface area contributed by atoms with Crippen molar-refractivity contribution < 1.29 is 4.79 Å². The van der Waals surface area contributed by atoms with E-state index in [4.69, 9.17) is 16.9 Å². The normalized spacial score (nSPS) is 15.2. The summed E-state index contributed by atoms with van der Waals surface area (Å²) in [7, 11) is 0. The lowest BCUT2D eigenvalue weighted by Gasteiger charge is -2.13. The SMILES string of the molecule is N#C/C(=N\Nc1ccc(Cl)cc1)C(=O)N1CCCC1. The van der Waals surface area contributed by atoms with Gasteiger partial charge in [0.1, 0.15) is 6.07 Å². The molecule has 0 bridgehead atoms. The van der Waals surface area contributed by atoms with E-state index in [0.717, 1.165) is 12.8 Å². The molecule has 1 aliphatic heterocycles. The van der Waals surface area contributed by atoms with Crippen molar-refractivity contribution in [3.8, 4) is 6.07 Å². The molecule has 1 aliphatic rings. The van der Waals surface area contributed by atoms with Crippen molar-refractivity contribution in [2.45, 2.75) is 12.8 Å². The number of carbonyl (C=O) groups excluding carboxylic acids is 1. The summed E-state index contributed by atoms with van der Waals surface area (Å²) < 4.78 is 0. The Bertz CT molecular complexity index is 527. The van der Waals surface area contributed by atoms with Crippen LogP contribution in [0.4, 0.5) is 5.69 Å². The molecule has 1 aromatic rings. The van der Waals surface area contributed by atoms with E-state index in [-0.39, 0.29) is 11.6 Å². The van der Waals surface area contributed by atoms with E-state index in [0.29, 0.717) is 23.8 Å². The second-order valence-electron chi connectivity index (χ2n) is 4.19. The highest BCUT2D eigenvalue weighted by Crippen LogP contribution is 2.13. The van der Waals surface area contributed by atoms with Gasteiger partial charge < -0.3 is 4.90 Å². The van der Waals surface area contributed by atoms with Gasteiger partial charge in [0, 0.05) is 18.1 Å². The summed E-state index contributed by atoms with van der Waals surface area (Å²) in [6.07, 6.45) is 1.96. The largest absolute Gasteiger partial charge is 0.337 e. The zero-order valence-corrected chi connectivity index (χ0v) is 11.0. The van der Waals surface area contributed by atoms with Crippen LogP contribution >= 0.6 is 11.6 Å². The van der Waals surface area contributed by atoms with Crippen molar-refractivity contribution in [1.82, 2.24) is 4.90 Å². The molecule has 1 heterocycles. The molecule has 5 nitrogen and oxygen atoms in total. The molecule has 1 amide bonds. The molecule has 0 aromatic heterocycles. The molecule has 0 radical (unpaired) electrons. The smallest absolute Gasteiger partial charge is 0.285 e. The van der Waals surface area contributed by atoms with E-state index in [1.807, 2.05) is 6.07 Å². The van der Waals surface area contributed by atoms with E-state index in [1.165, 1.54) is 0 Å². The zero-order chi connectivity index (χ0) is 13.7. The highest BCUT2D eigenvalue weighted by molar-refractivity contribution is 6.45. The summed E-state index contributed by atoms with van der Waals surface area (Å²) in [5, 5.41) is 13.5. The van der Waals surface area contributed by atoms with Crippen molar-refractivity contribution in [3.05, 3.63) is 29.3 Å². The minimum Gasteiger partial charge on any atom is -0.337 e. The second-order valence-corrected chi connectivity index (χ2v) is 4.63. The van der Waals surface area contributed by atoms with Crippen molar-refractivity contribution >= 4 is 28.9 Å². The fraction of sp³-hybridized carbons (Fsp3) is 0.308. The number of anilines is 1. The Morgan fingerprint density at radius 3 is 2.53 bits per heavy atom. The van der Waals surface area contributed by atoms with Gasteiger partial charge in [-0.15, -0.1) is 0 Å². The number of hydrogen-bond acceptors (Lipinski definition) is 4. The standard InChI is InChI=1S/C13H13ClN4O/c14-10-3-5-11(6-4-10)16-17-12(9-15)13(19)18-7-1-2-8-18/h3-6,16H,1-2,7-8H2/b17-12+. The van der Waals surface area contributed by atoms with E-state index < -0.39 is 0 Å². The first kappa shape index (κ1) is 13.4. The topological polar surface area (TPSA) is 68.5 Å². The number of nitrogens with zero attached hydrogens (tertiary/aromatic N) is 3.